The van der Waals surface area contributed by atoms with E-state index in [4.69, 9.17) is 5.84 Å². The van der Waals surface area contributed by atoms with Crippen molar-refractivity contribution in [1.29, 1.82) is 0 Å². The van der Waals surface area contributed by atoms with E-state index < -0.39 is 5.82 Å². The van der Waals surface area contributed by atoms with Crippen molar-refractivity contribution >= 4 is 23.4 Å². The van der Waals surface area contributed by atoms with Gasteiger partial charge in [0.2, 0.25) is 5.91 Å². The number of imidazole rings is 1. The second-order valence-corrected chi connectivity index (χ2v) is 5.94. The van der Waals surface area contributed by atoms with E-state index in [1.807, 2.05) is 30.3 Å². The Bertz CT molecular complexity index is 851. The summed E-state index contributed by atoms with van der Waals surface area (Å²) in [7, 11) is 0. The first kappa shape index (κ1) is 16.1. The molecule has 24 heavy (non-hydrogen) atoms. The minimum atomic E-state index is -0.470. The summed E-state index contributed by atoms with van der Waals surface area (Å²) >= 11 is 1.19. The Morgan fingerprint density at radius 1 is 1.17 bits per heavy atom. The molecule has 2 aromatic carbocycles. The fourth-order valence-electron chi connectivity index (χ4n) is 2.11. The third-order valence-corrected chi connectivity index (χ3v) is 4.22. The molecule has 0 aliphatic heterocycles. The normalized spacial score (nSPS) is 10.5. The fraction of sp³-hybridized carbons (Fsp3) is 0.0588. The zero-order valence-corrected chi connectivity index (χ0v) is 13.5. The summed E-state index contributed by atoms with van der Waals surface area (Å²) in [5.74, 6) is 5.17. The maximum Gasteiger partial charge on any atom is 0.234 e. The van der Waals surface area contributed by atoms with E-state index in [1.165, 1.54) is 28.6 Å². The number of thioether (sulfide) groups is 1. The fourth-order valence-corrected chi connectivity index (χ4v) is 2.81. The molecular formula is C17H15FN4OS. The number of rotatable bonds is 5. The molecule has 0 saturated heterocycles. The quantitative estimate of drug-likeness (QED) is 0.552. The Balaban J connectivity index is 1.64. The van der Waals surface area contributed by atoms with Crippen molar-refractivity contribution in [1.82, 2.24) is 9.66 Å². The molecule has 0 aliphatic carbocycles. The van der Waals surface area contributed by atoms with E-state index in [-0.39, 0.29) is 17.3 Å². The second kappa shape index (κ2) is 7.18. The van der Waals surface area contributed by atoms with Crippen LogP contribution in [0, 0.1) is 5.82 Å². The second-order valence-electron chi connectivity index (χ2n) is 5.00. The number of carbonyl (C=O) groups excluding carboxylic acids is 1. The number of carbonyl (C=O) groups is 1. The summed E-state index contributed by atoms with van der Waals surface area (Å²) in [6, 6.07) is 15.6. The van der Waals surface area contributed by atoms with Crippen LogP contribution in [0.3, 0.4) is 0 Å². The molecule has 0 unspecified atom stereocenters. The number of hydrogen-bond acceptors (Lipinski definition) is 4. The van der Waals surface area contributed by atoms with Crippen molar-refractivity contribution in [3.05, 3.63) is 66.6 Å². The van der Waals surface area contributed by atoms with Gasteiger partial charge in [-0.15, -0.1) is 0 Å². The zero-order chi connectivity index (χ0) is 16.9. The van der Waals surface area contributed by atoms with Gasteiger partial charge < -0.3 is 11.2 Å². The van der Waals surface area contributed by atoms with Crippen molar-refractivity contribution in [3.8, 4) is 11.3 Å². The van der Waals surface area contributed by atoms with Crippen LogP contribution in [-0.4, -0.2) is 21.3 Å². The Kier molecular flexibility index (Phi) is 4.81. The maximum atomic E-state index is 13.5. The topological polar surface area (TPSA) is 72.9 Å². The summed E-state index contributed by atoms with van der Waals surface area (Å²) in [5.41, 5.74) is 1.83. The zero-order valence-electron chi connectivity index (χ0n) is 12.6. The molecular weight excluding hydrogens is 327 g/mol. The summed E-state index contributed by atoms with van der Waals surface area (Å²) in [6.07, 6.45) is 1.70. The number of halogens is 1. The van der Waals surface area contributed by atoms with Gasteiger partial charge in [-0.1, -0.05) is 54.2 Å². The predicted molar refractivity (Wildman–Crippen MR) is 93.6 cm³/mol. The number of para-hydroxylation sites is 1. The lowest BCUT2D eigenvalue weighted by molar-refractivity contribution is -0.113. The number of benzene rings is 2. The monoisotopic (exact) mass is 342 g/mol. The lowest BCUT2D eigenvalue weighted by Gasteiger charge is -2.05. The van der Waals surface area contributed by atoms with E-state index in [9.17, 15) is 9.18 Å². The van der Waals surface area contributed by atoms with Gasteiger partial charge in [-0.05, 0) is 12.1 Å². The SMILES string of the molecule is Nn1cc(-c2ccccc2)nc1SCC(=O)Nc1ccccc1F. The number of nitrogen functional groups attached to an aromatic ring is 1. The first-order valence-corrected chi connectivity index (χ1v) is 8.19. The standard InChI is InChI=1S/C17H15FN4OS/c18-13-8-4-5-9-14(13)20-16(23)11-24-17-21-15(10-22(17)19)12-6-2-1-3-7-12/h1-10H,11,19H2,(H,20,23). The molecule has 0 atom stereocenters. The predicted octanol–water partition coefficient (Wildman–Crippen LogP) is 3.13. The molecule has 0 spiro atoms. The maximum absolute atomic E-state index is 13.5. The highest BCUT2D eigenvalue weighted by Crippen LogP contribution is 2.23. The Labute approximate surface area is 142 Å². The molecule has 7 heteroatoms. The van der Waals surface area contributed by atoms with Gasteiger partial charge in [0.15, 0.2) is 5.16 Å². The highest BCUT2D eigenvalue weighted by molar-refractivity contribution is 7.99. The summed E-state index contributed by atoms with van der Waals surface area (Å²) in [4.78, 5) is 16.4. The summed E-state index contributed by atoms with van der Waals surface area (Å²) < 4.78 is 14.9. The number of nitrogens with two attached hydrogens (primary N) is 1. The number of nitrogens with zero attached hydrogens (tertiary/aromatic N) is 2. The lowest BCUT2D eigenvalue weighted by Crippen LogP contribution is -2.16. The van der Waals surface area contributed by atoms with E-state index in [0.717, 1.165) is 11.3 Å². The molecule has 0 aliphatic rings. The highest BCUT2D eigenvalue weighted by atomic mass is 32.2. The van der Waals surface area contributed by atoms with Crippen LogP contribution in [-0.2, 0) is 4.79 Å². The van der Waals surface area contributed by atoms with Crippen molar-refractivity contribution < 1.29 is 9.18 Å². The Morgan fingerprint density at radius 3 is 2.62 bits per heavy atom. The van der Waals surface area contributed by atoms with E-state index in [1.54, 1.807) is 18.3 Å². The number of aromatic nitrogens is 2. The number of nitrogens with one attached hydrogen (secondary N) is 1. The molecule has 1 aromatic heterocycles. The molecule has 0 bridgehead atoms. The van der Waals surface area contributed by atoms with Crippen molar-refractivity contribution in [2.75, 3.05) is 16.9 Å². The van der Waals surface area contributed by atoms with E-state index in [0.29, 0.717) is 5.16 Å². The van der Waals surface area contributed by atoms with Crippen LogP contribution in [0.2, 0.25) is 0 Å². The molecule has 3 aromatic rings. The van der Waals surface area contributed by atoms with Crippen LogP contribution >= 0.6 is 11.8 Å². The molecule has 5 nitrogen and oxygen atoms in total. The number of hydrogen-bond donors (Lipinski definition) is 2. The third kappa shape index (κ3) is 3.75. The molecule has 0 radical (unpaired) electrons. The summed E-state index contributed by atoms with van der Waals surface area (Å²) in [6.45, 7) is 0. The van der Waals surface area contributed by atoms with Crippen molar-refractivity contribution in [2.24, 2.45) is 0 Å². The molecule has 3 rings (SSSR count). The minimum Gasteiger partial charge on any atom is -0.337 e. The van der Waals surface area contributed by atoms with Gasteiger partial charge in [0, 0.05) is 5.56 Å². The Morgan fingerprint density at radius 2 is 1.88 bits per heavy atom. The van der Waals surface area contributed by atoms with Crippen molar-refractivity contribution in [3.63, 3.8) is 0 Å². The lowest BCUT2D eigenvalue weighted by atomic mass is 10.2. The van der Waals surface area contributed by atoms with E-state index >= 15 is 0 Å². The number of amides is 1. The third-order valence-electron chi connectivity index (χ3n) is 3.25. The molecule has 3 N–H and O–H groups in total. The summed E-state index contributed by atoms with van der Waals surface area (Å²) in [5, 5.41) is 3.04. The van der Waals surface area contributed by atoms with E-state index in [2.05, 4.69) is 10.3 Å². The largest absolute Gasteiger partial charge is 0.337 e. The van der Waals surface area contributed by atoms with Gasteiger partial charge in [-0.25, -0.2) is 14.1 Å². The molecule has 1 amide bonds. The average molecular weight is 342 g/mol. The number of anilines is 1. The molecule has 0 fully saturated rings. The van der Waals surface area contributed by atoms with Crippen LogP contribution in [0.4, 0.5) is 10.1 Å². The van der Waals surface area contributed by atoms with Crippen LogP contribution in [0.25, 0.3) is 11.3 Å². The Hall–Kier alpha value is -2.80. The van der Waals surface area contributed by atoms with Gasteiger partial charge in [0.1, 0.15) is 5.82 Å². The van der Waals surface area contributed by atoms with Crippen LogP contribution in [0.5, 0.6) is 0 Å². The van der Waals surface area contributed by atoms with Gasteiger partial charge in [-0.3, -0.25) is 4.79 Å². The van der Waals surface area contributed by atoms with Crippen molar-refractivity contribution in [2.45, 2.75) is 5.16 Å². The molecule has 122 valence electrons. The van der Waals surface area contributed by atoms with Crippen LogP contribution in [0.15, 0.2) is 66.0 Å². The van der Waals surface area contributed by atoms with Gasteiger partial charge in [-0.2, -0.15) is 0 Å². The van der Waals surface area contributed by atoms with Crippen LogP contribution in [0.1, 0.15) is 0 Å². The van der Waals surface area contributed by atoms with Gasteiger partial charge in [0.05, 0.1) is 23.3 Å². The average Bonchev–Trinajstić information content (AvgIpc) is 2.97. The smallest absolute Gasteiger partial charge is 0.234 e. The molecule has 0 saturated carbocycles. The highest BCUT2D eigenvalue weighted by Gasteiger charge is 2.12. The van der Waals surface area contributed by atoms with Crippen LogP contribution < -0.4 is 11.2 Å². The minimum absolute atomic E-state index is 0.0801. The first-order chi connectivity index (χ1) is 11.6. The first-order valence-electron chi connectivity index (χ1n) is 7.20. The van der Waals surface area contributed by atoms with Gasteiger partial charge in [0.25, 0.3) is 0 Å². The molecule has 1 heterocycles. The van der Waals surface area contributed by atoms with Gasteiger partial charge >= 0.3 is 0 Å².